The minimum Gasteiger partial charge on any atom is -0.273 e. The van der Waals surface area contributed by atoms with Crippen molar-refractivity contribution in [2.75, 3.05) is 0 Å². The molecular weight excluding hydrogens is 387 g/mol. The Morgan fingerprint density at radius 2 is 1.89 bits per heavy atom. The van der Waals surface area contributed by atoms with Gasteiger partial charge in [0.1, 0.15) is 5.82 Å². The molecular formula is C19H23FN2O3S2. The first-order valence-corrected chi connectivity index (χ1v) is 11.1. The zero-order valence-electron chi connectivity index (χ0n) is 15.5. The van der Waals surface area contributed by atoms with Gasteiger partial charge in [0.2, 0.25) is 0 Å². The van der Waals surface area contributed by atoms with Gasteiger partial charge < -0.3 is 0 Å². The smallest absolute Gasteiger partial charge is 0.273 e. The van der Waals surface area contributed by atoms with Crippen molar-refractivity contribution in [3.05, 3.63) is 51.5 Å². The van der Waals surface area contributed by atoms with E-state index in [1.54, 1.807) is 0 Å². The lowest BCUT2D eigenvalue weighted by molar-refractivity contribution is 0.0949. The molecule has 8 heteroatoms. The molecule has 146 valence electrons. The molecule has 5 nitrogen and oxygen atoms in total. The molecule has 27 heavy (non-hydrogen) atoms. The second kappa shape index (κ2) is 7.33. The molecule has 0 spiro atoms. The van der Waals surface area contributed by atoms with Crippen LogP contribution in [0.3, 0.4) is 0 Å². The maximum Gasteiger partial charge on any atom is 0.276 e. The molecule has 2 aromatic rings. The van der Waals surface area contributed by atoms with E-state index >= 15 is 0 Å². The fourth-order valence-corrected chi connectivity index (χ4v) is 5.17. The normalized spacial score (nSPS) is 17.4. The Kier molecular flexibility index (Phi) is 5.42. The summed E-state index contributed by atoms with van der Waals surface area (Å²) < 4.78 is 37.3. The number of benzene rings is 1. The van der Waals surface area contributed by atoms with Crippen molar-refractivity contribution in [3.63, 3.8) is 0 Å². The average molecular weight is 411 g/mol. The van der Waals surface area contributed by atoms with Gasteiger partial charge in [-0.15, -0.1) is 16.2 Å². The van der Waals surface area contributed by atoms with E-state index in [2.05, 4.69) is 31.0 Å². The third-order valence-corrected chi connectivity index (χ3v) is 7.45. The van der Waals surface area contributed by atoms with Crippen LogP contribution in [0.15, 0.2) is 35.2 Å². The van der Waals surface area contributed by atoms with Gasteiger partial charge in [-0.25, -0.2) is 12.8 Å². The Morgan fingerprint density at radius 3 is 2.52 bits per heavy atom. The van der Waals surface area contributed by atoms with Crippen LogP contribution in [0.2, 0.25) is 0 Å². The van der Waals surface area contributed by atoms with Crippen LogP contribution in [0.5, 0.6) is 0 Å². The second-order valence-corrected chi connectivity index (χ2v) is 10.7. The molecule has 1 aliphatic rings. The number of carbonyl (C=O) groups is 1. The van der Waals surface area contributed by atoms with Crippen LogP contribution in [-0.4, -0.2) is 14.3 Å². The molecule has 2 N–H and O–H groups in total. The highest BCUT2D eigenvalue weighted by atomic mass is 32.2. The quantitative estimate of drug-likeness (QED) is 0.756. The minimum absolute atomic E-state index is 0.123. The lowest BCUT2D eigenvalue weighted by Crippen LogP contribution is -2.41. The number of hydrazine groups is 1. The molecule has 0 saturated heterocycles. The molecule has 1 aromatic heterocycles. The van der Waals surface area contributed by atoms with Crippen LogP contribution in [0.25, 0.3) is 0 Å². The number of sulfonamides is 1. The zero-order chi connectivity index (χ0) is 19.8. The highest BCUT2D eigenvalue weighted by Gasteiger charge is 2.30. The summed E-state index contributed by atoms with van der Waals surface area (Å²) in [7, 11) is -3.95. The number of rotatable bonds is 4. The summed E-state index contributed by atoms with van der Waals surface area (Å²) >= 11 is 1.41. The van der Waals surface area contributed by atoms with Crippen molar-refractivity contribution < 1.29 is 17.6 Å². The van der Waals surface area contributed by atoms with Crippen molar-refractivity contribution in [1.82, 2.24) is 10.3 Å². The minimum atomic E-state index is -3.95. The van der Waals surface area contributed by atoms with E-state index in [0.29, 0.717) is 10.8 Å². The van der Waals surface area contributed by atoms with Crippen molar-refractivity contribution in [3.8, 4) is 0 Å². The number of carbonyl (C=O) groups excluding carboxylic acids is 1. The maximum atomic E-state index is 12.9. The molecule has 1 amide bonds. The van der Waals surface area contributed by atoms with Gasteiger partial charge in [0, 0.05) is 4.88 Å². The number of fused-ring (bicyclic) bond motifs is 1. The summed E-state index contributed by atoms with van der Waals surface area (Å²) in [6, 6.07) is 6.24. The topological polar surface area (TPSA) is 75.3 Å². The second-order valence-electron chi connectivity index (χ2n) is 7.88. The molecule has 1 unspecified atom stereocenters. The van der Waals surface area contributed by atoms with Gasteiger partial charge in [-0.05, 0) is 66.5 Å². The Morgan fingerprint density at radius 1 is 1.22 bits per heavy atom. The summed E-state index contributed by atoms with van der Waals surface area (Å²) in [5, 5.41) is 0. The number of aryl methyl sites for hydroxylation is 1. The van der Waals surface area contributed by atoms with E-state index in [1.165, 1.54) is 21.8 Å². The van der Waals surface area contributed by atoms with Crippen LogP contribution >= 0.6 is 11.3 Å². The Hall–Kier alpha value is -1.77. The van der Waals surface area contributed by atoms with Gasteiger partial charge in [-0.2, -0.15) is 0 Å². The van der Waals surface area contributed by atoms with Gasteiger partial charge in [0.25, 0.3) is 15.9 Å². The van der Waals surface area contributed by atoms with Gasteiger partial charge in [0.05, 0.1) is 9.77 Å². The SMILES string of the molecule is CC(C)(C)C1CCc2sc(C(=O)NNS(=O)(=O)c3ccc(F)cc3)cc2C1. The third kappa shape index (κ3) is 4.56. The molecule has 1 aromatic carbocycles. The van der Waals surface area contributed by atoms with Crippen LogP contribution in [0, 0.1) is 17.2 Å². The van der Waals surface area contributed by atoms with Crippen molar-refractivity contribution in [1.29, 1.82) is 0 Å². The lowest BCUT2D eigenvalue weighted by atomic mass is 9.72. The fraction of sp³-hybridized carbons (Fsp3) is 0.421. The number of hydrogen-bond donors (Lipinski definition) is 2. The first-order valence-electron chi connectivity index (χ1n) is 8.75. The van der Waals surface area contributed by atoms with Crippen LogP contribution in [-0.2, 0) is 22.9 Å². The largest absolute Gasteiger partial charge is 0.276 e. The van der Waals surface area contributed by atoms with Gasteiger partial charge in [-0.3, -0.25) is 10.2 Å². The predicted molar refractivity (Wildman–Crippen MR) is 103 cm³/mol. The Balaban J connectivity index is 1.67. The van der Waals surface area contributed by atoms with Crippen molar-refractivity contribution >= 4 is 27.3 Å². The predicted octanol–water partition coefficient (Wildman–Crippen LogP) is 3.66. The van der Waals surface area contributed by atoms with Gasteiger partial charge >= 0.3 is 0 Å². The van der Waals surface area contributed by atoms with Crippen molar-refractivity contribution in [2.24, 2.45) is 11.3 Å². The summed E-state index contributed by atoms with van der Waals surface area (Å²) in [6.07, 6.45) is 2.97. The maximum absolute atomic E-state index is 12.9. The number of hydrogen-bond acceptors (Lipinski definition) is 4. The average Bonchev–Trinajstić information content (AvgIpc) is 3.02. The Bertz CT molecular complexity index is 944. The van der Waals surface area contributed by atoms with E-state index < -0.39 is 21.7 Å². The summed E-state index contributed by atoms with van der Waals surface area (Å²) in [6.45, 7) is 6.69. The monoisotopic (exact) mass is 410 g/mol. The van der Waals surface area contributed by atoms with Crippen LogP contribution in [0.1, 0.15) is 47.3 Å². The Labute approximate surface area is 163 Å². The molecule has 0 saturated carbocycles. The van der Waals surface area contributed by atoms with E-state index in [1.807, 2.05) is 6.07 Å². The molecule has 0 bridgehead atoms. The molecule has 0 fully saturated rings. The molecule has 3 rings (SSSR count). The molecule has 1 heterocycles. The first kappa shape index (κ1) is 20.0. The third-order valence-electron chi connectivity index (χ3n) is 4.95. The number of amides is 1. The van der Waals surface area contributed by atoms with Crippen LogP contribution in [0.4, 0.5) is 4.39 Å². The summed E-state index contributed by atoms with van der Waals surface area (Å²) in [4.78, 5) is 16.0. The number of nitrogens with one attached hydrogen (secondary N) is 2. The highest BCUT2D eigenvalue weighted by molar-refractivity contribution is 7.89. The van der Waals surface area contributed by atoms with Gasteiger partial charge in [-0.1, -0.05) is 20.8 Å². The van der Waals surface area contributed by atoms with Crippen molar-refractivity contribution in [2.45, 2.75) is 44.9 Å². The lowest BCUT2D eigenvalue weighted by Gasteiger charge is -2.33. The van der Waals surface area contributed by atoms with E-state index in [-0.39, 0.29) is 10.3 Å². The highest BCUT2D eigenvalue weighted by Crippen LogP contribution is 2.40. The molecule has 0 radical (unpaired) electrons. The van der Waals surface area contributed by atoms with Gasteiger partial charge in [0.15, 0.2) is 0 Å². The number of halogens is 1. The van der Waals surface area contributed by atoms with Crippen LogP contribution < -0.4 is 10.3 Å². The first-order chi connectivity index (χ1) is 12.6. The zero-order valence-corrected chi connectivity index (χ0v) is 17.1. The van der Waals surface area contributed by atoms with E-state index in [4.69, 9.17) is 0 Å². The standard InChI is InChI=1S/C19H23FN2O3S2/c1-19(2,3)13-4-9-16-12(10-13)11-17(26-16)18(23)21-22-27(24,25)15-7-5-14(20)6-8-15/h5-8,11,13,22H,4,9-10H2,1-3H3,(H,21,23). The molecule has 1 atom stereocenters. The van der Waals surface area contributed by atoms with E-state index in [9.17, 15) is 17.6 Å². The fourth-order valence-electron chi connectivity index (χ4n) is 3.22. The summed E-state index contributed by atoms with van der Waals surface area (Å²) in [5.41, 5.74) is 3.64. The molecule has 0 aliphatic heterocycles. The summed E-state index contributed by atoms with van der Waals surface area (Å²) in [5.74, 6) is -0.462. The van der Waals surface area contributed by atoms with E-state index in [0.717, 1.165) is 43.5 Å². The molecule has 1 aliphatic carbocycles. The number of thiophene rings is 1.